The molecule has 0 amide bonds. The molecule has 0 saturated carbocycles. The number of hydrogen-bond donors (Lipinski definition) is 2. The number of carbonyl (C=O) groups is 1. The molecule has 3 heteroatoms. The van der Waals surface area contributed by atoms with E-state index in [0.29, 0.717) is 6.42 Å². The summed E-state index contributed by atoms with van der Waals surface area (Å²) in [6.45, 7) is 2.55. The van der Waals surface area contributed by atoms with Crippen LogP contribution in [0.5, 0.6) is 0 Å². The SMILES string of the molecule is CCCCCCCC/C=C\CCCCCCCCCCCC(=O)C(N)CN. The van der Waals surface area contributed by atoms with Gasteiger partial charge in [0.05, 0.1) is 6.04 Å². The summed E-state index contributed by atoms with van der Waals surface area (Å²) < 4.78 is 0. The van der Waals surface area contributed by atoms with E-state index >= 15 is 0 Å². The first kappa shape index (κ1) is 26.3. The predicted molar refractivity (Wildman–Crippen MR) is 120 cm³/mol. The van der Waals surface area contributed by atoms with E-state index in [1.54, 1.807) is 0 Å². The second-order valence-corrected chi connectivity index (χ2v) is 8.06. The summed E-state index contributed by atoms with van der Waals surface area (Å²) in [5.41, 5.74) is 11.0. The van der Waals surface area contributed by atoms with Gasteiger partial charge in [0.1, 0.15) is 0 Å². The lowest BCUT2D eigenvalue weighted by Crippen LogP contribution is -2.37. The van der Waals surface area contributed by atoms with Gasteiger partial charge in [-0.25, -0.2) is 0 Å². The number of nitrogens with two attached hydrogens (primary N) is 2. The number of hydrogen-bond acceptors (Lipinski definition) is 3. The van der Waals surface area contributed by atoms with Crippen molar-refractivity contribution in [2.75, 3.05) is 6.54 Å². The van der Waals surface area contributed by atoms with Crippen molar-refractivity contribution in [1.82, 2.24) is 0 Å². The zero-order chi connectivity index (χ0) is 20.0. The highest BCUT2D eigenvalue weighted by Gasteiger charge is 2.09. The highest BCUT2D eigenvalue weighted by molar-refractivity contribution is 5.83. The molecule has 0 fully saturated rings. The van der Waals surface area contributed by atoms with E-state index in [0.717, 1.165) is 12.8 Å². The molecule has 0 aliphatic rings. The van der Waals surface area contributed by atoms with Gasteiger partial charge in [-0.1, -0.05) is 96.1 Å². The van der Waals surface area contributed by atoms with Gasteiger partial charge in [-0.3, -0.25) is 4.79 Å². The summed E-state index contributed by atoms with van der Waals surface area (Å²) in [7, 11) is 0. The fourth-order valence-corrected chi connectivity index (χ4v) is 3.39. The van der Waals surface area contributed by atoms with Crippen LogP contribution in [0.2, 0.25) is 0 Å². The van der Waals surface area contributed by atoms with Gasteiger partial charge in [-0.2, -0.15) is 0 Å². The van der Waals surface area contributed by atoms with E-state index in [2.05, 4.69) is 19.1 Å². The molecule has 0 saturated heterocycles. The van der Waals surface area contributed by atoms with Crippen molar-refractivity contribution in [2.24, 2.45) is 11.5 Å². The molecule has 0 aromatic carbocycles. The van der Waals surface area contributed by atoms with Gasteiger partial charge in [0, 0.05) is 13.0 Å². The maximum Gasteiger partial charge on any atom is 0.150 e. The minimum atomic E-state index is -0.449. The minimum Gasteiger partial charge on any atom is -0.328 e. The van der Waals surface area contributed by atoms with Gasteiger partial charge < -0.3 is 11.5 Å². The average Bonchev–Trinajstić information content (AvgIpc) is 2.68. The number of Topliss-reactive ketones (excluding diaryl/α,β-unsaturated/α-hetero) is 1. The Morgan fingerprint density at radius 3 is 1.56 bits per heavy atom. The third-order valence-electron chi connectivity index (χ3n) is 5.35. The molecular weight excluding hydrogens is 332 g/mol. The van der Waals surface area contributed by atoms with Crippen molar-refractivity contribution in [2.45, 2.75) is 129 Å². The number of carbonyl (C=O) groups excluding carboxylic acids is 1. The molecule has 0 bridgehead atoms. The van der Waals surface area contributed by atoms with Crippen molar-refractivity contribution in [3.05, 3.63) is 12.2 Å². The normalized spacial score (nSPS) is 12.7. The van der Waals surface area contributed by atoms with Crippen molar-refractivity contribution in [3.8, 4) is 0 Å². The zero-order valence-electron chi connectivity index (χ0n) is 18.2. The van der Waals surface area contributed by atoms with Crippen LogP contribution in [-0.2, 0) is 4.79 Å². The van der Waals surface area contributed by atoms with E-state index in [1.165, 1.54) is 96.3 Å². The Bertz CT molecular complexity index is 341. The lowest BCUT2D eigenvalue weighted by molar-refractivity contribution is -0.120. The molecule has 4 N–H and O–H groups in total. The van der Waals surface area contributed by atoms with Crippen LogP contribution in [-0.4, -0.2) is 18.4 Å². The average molecular weight is 381 g/mol. The first-order valence-electron chi connectivity index (χ1n) is 11.9. The number of ketones is 1. The third-order valence-corrected chi connectivity index (χ3v) is 5.35. The lowest BCUT2D eigenvalue weighted by atomic mass is 10.0. The van der Waals surface area contributed by atoms with E-state index in [-0.39, 0.29) is 12.3 Å². The van der Waals surface area contributed by atoms with Crippen LogP contribution in [0.4, 0.5) is 0 Å². The van der Waals surface area contributed by atoms with Crippen LogP contribution >= 0.6 is 0 Å². The largest absolute Gasteiger partial charge is 0.328 e. The fourth-order valence-electron chi connectivity index (χ4n) is 3.39. The van der Waals surface area contributed by atoms with E-state index in [9.17, 15) is 4.79 Å². The van der Waals surface area contributed by atoms with Crippen molar-refractivity contribution < 1.29 is 4.79 Å². The summed E-state index contributed by atoms with van der Waals surface area (Å²) in [4.78, 5) is 11.5. The molecule has 0 aliphatic carbocycles. The van der Waals surface area contributed by atoms with Gasteiger partial charge in [0.25, 0.3) is 0 Å². The molecule has 0 rings (SSSR count). The molecule has 3 nitrogen and oxygen atoms in total. The van der Waals surface area contributed by atoms with Crippen LogP contribution in [0, 0.1) is 0 Å². The monoisotopic (exact) mass is 380 g/mol. The summed E-state index contributed by atoms with van der Waals surface area (Å²) in [5, 5.41) is 0. The van der Waals surface area contributed by atoms with Crippen LogP contribution < -0.4 is 11.5 Å². The Hall–Kier alpha value is -0.670. The van der Waals surface area contributed by atoms with E-state index in [1.807, 2.05) is 0 Å². The van der Waals surface area contributed by atoms with Gasteiger partial charge >= 0.3 is 0 Å². The first-order valence-corrected chi connectivity index (χ1v) is 11.9. The Balaban J connectivity index is 3.16. The smallest absolute Gasteiger partial charge is 0.150 e. The molecule has 0 aromatic heterocycles. The molecule has 0 heterocycles. The third kappa shape index (κ3) is 19.9. The Morgan fingerprint density at radius 1 is 0.704 bits per heavy atom. The van der Waals surface area contributed by atoms with Crippen LogP contribution in [0.1, 0.15) is 122 Å². The highest BCUT2D eigenvalue weighted by Crippen LogP contribution is 2.12. The summed E-state index contributed by atoms with van der Waals surface area (Å²) in [5.74, 6) is 0.124. The number of allylic oxidation sites excluding steroid dienone is 2. The molecule has 27 heavy (non-hydrogen) atoms. The predicted octanol–water partition coefficient (Wildman–Crippen LogP) is 6.44. The Labute approximate surface area is 169 Å². The van der Waals surface area contributed by atoms with Crippen LogP contribution in [0.25, 0.3) is 0 Å². The van der Waals surface area contributed by atoms with Gasteiger partial charge in [-0.15, -0.1) is 0 Å². The summed E-state index contributed by atoms with van der Waals surface area (Å²) in [6.07, 6.45) is 27.7. The molecule has 1 unspecified atom stereocenters. The molecule has 0 spiro atoms. The topological polar surface area (TPSA) is 69.1 Å². The Kier molecular flexibility index (Phi) is 21.1. The highest BCUT2D eigenvalue weighted by atomic mass is 16.1. The minimum absolute atomic E-state index is 0.124. The van der Waals surface area contributed by atoms with Gasteiger partial charge in [0.2, 0.25) is 0 Å². The second kappa shape index (κ2) is 21.6. The Morgan fingerprint density at radius 2 is 1.11 bits per heavy atom. The molecule has 0 aromatic rings. The summed E-state index contributed by atoms with van der Waals surface area (Å²) in [6, 6.07) is -0.449. The van der Waals surface area contributed by atoms with Crippen molar-refractivity contribution in [1.29, 1.82) is 0 Å². The number of rotatable bonds is 21. The summed E-state index contributed by atoms with van der Waals surface area (Å²) >= 11 is 0. The maximum absolute atomic E-state index is 11.5. The fraction of sp³-hybridized carbons (Fsp3) is 0.875. The van der Waals surface area contributed by atoms with Crippen LogP contribution in [0.15, 0.2) is 12.2 Å². The van der Waals surface area contributed by atoms with Crippen molar-refractivity contribution >= 4 is 5.78 Å². The first-order chi connectivity index (χ1) is 13.2. The number of unbranched alkanes of at least 4 members (excludes halogenated alkanes) is 15. The molecule has 160 valence electrons. The zero-order valence-corrected chi connectivity index (χ0v) is 18.2. The molecule has 0 aliphatic heterocycles. The quantitative estimate of drug-likeness (QED) is 0.178. The second-order valence-electron chi connectivity index (χ2n) is 8.06. The van der Waals surface area contributed by atoms with Crippen LogP contribution in [0.3, 0.4) is 0 Å². The molecular formula is C24H48N2O. The van der Waals surface area contributed by atoms with E-state index in [4.69, 9.17) is 11.5 Å². The van der Waals surface area contributed by atoms with E-state index < -0.39 is 6.04 Å². The molecule has 0 radical (unpaired) electrons. The standard InChI is InChI=1S/C24H48N2O/c1-2-3-4-5-6-7-8-9-10-11-12-13-14-15-16-17-18-19-20-21-24(27)23(26)22-25/h9-10,23H,2-8,11-22,25-26H2,1H3/b10-9-. The molecule has 1 atom stereocenters. The maximum atomic E-state index is 11.5. The van der Waals surface area contributed by atoms with Gasteiger partial charge in [-0.05, 0) is 32.1 Å². The van der Waals surface area contributed by atoms with Gasteiger partial charge in [0.15, 0.2) is 5.78 Å². The van der Waals surface area contributed by atoms with Crippen molar-refractivity contribution in [3.63, 3.8) is 0 Å². The lowest BCUT2D eigenvalue weighted by Gasteiger charge is -2.07.